The van der Waals surface area contributed by atoms with Crippen molar-refractivity contribution in [1.82, 2.24) is 4.98 Å². The van der Waals surface area contributed by atoms with Crippen LogP contribution in [0.3, 0.4) is 0 Å². The minimum Gasteiger partial charge on any atom is -0.507 e. The van der Waals surface area contributed by atoms with Crippen molar-refractivity contribution in [3.63, 3.8) is 0 Å². The lowest BCUT2D eigenvalue weighted by atomic mass is 9.82. The van der Waals surface area contributed by atoms with E-state index in [0.29, 0.717) is 18.7 Å². The Morgan fingerprint density at radius 2 is 2.16 bits per heavy atom. The van der Waals surface area contributed by atoms with Crippen LogP contribution in [0.2, 0.25) is 6.32 Å². The van der Waals surface area contributed by atoms with Crippen LogP contribution in [0, 0.1) is 0 Å². The van der Waals surface area contributed by atoms with Gasteiger partial charge in [0.2, 0.25) is 0 Å². The smallest absolute Gasteiger partial charge is 0.451 e. The number of carboxylic acid groups (broad SMARTS) is 1. The van der Waals surface area contributed by atoms with Crippen LogP contribution in [-0.2, 0) is 6.42 Å². The van der Waals surface area contributed by atoms with Crippen LogP contribution in [0.1, 0.15) is 15.9 Å². The monoisotopic (exact) mass is 364 g/mol. The van der Waals surface area contributed by atoms with Crippen molar-refractivity contribution in [3.8, 4) is 11.5 Å². The number of benzene rings is 1. The second-order valence-corrected chi connectivity index (χ2v) is 6.60. The molecule has 2 aromatic rings. The number of hydrogen-bond donors (Lipinski definition) is 4. The van der Waals surface area contributed by atoms with Gasteiger partial charge in [-0.25, -0.2) is 9.78 Å². The van der Waals surface area contributed by atoms with Crippen molar-refractivity contribution in [1.29, 1.82) is 0 Å². The van der Waals surface area contributed by atoms with Crippen molar-refractivity contribution < 1.29 is 29.8 Å². The highest BCUT2D eigenvalue weighted by molar-refractivity contribution is 7.13. The molecule has 4 N–H and O–H groups in total. The highest BCUT2D eigenvalue weighted by Gasteiger charge is 2.32. The van der Waals surface area contributed by atoms with Gasteiger partial charge in [0.25, 0.3) is 0 Å². The number of phenols is 1. The number of thiazole rings is 1. The summed E-state index contributed by atoms with van der Waals surface area (Å²) in [4.78, 5) is 17.7. The maximum absolute atomic E-state index is 11.5. The molecule has 2 heterocycles. The topological polar surface area (TPSA) is 123 Å². The molecule has 8 nitrogen and oxygen atoms in total. The predicted molar refractivity (Wildman–Crippen MR) is 92.5 cm³/mol. The van der Waals surface area contributed by atoms with Gasteiger partial charge >= 0.3 is 13.1 Å². The molecule has 132 valence electrons. The minimum atomic E-state index is -1.52. The number of carboxylic acids is 1. The van der Waals surface area contributed by atoms with Crippen LogP contribution < -0.4 is 9.64 Å². The standard InChI is InChI=1S/C15H17BN2O6S/c19-13-9(3-4-16(22)23)1-2-11(12(13)14(20)21)24-10-7-18(8-10)15-17-5-6-25-15/h1-2,5-6,10,19,22-23H,3-4,7-8H2,(H,20,21). The Labute approximate surface area is 148 Å². The lowest BCUT2D eigenvalue weighted by Gasteiger charge is -2.39. The van der Waals surface area contributed by atoms with E-state index in [9.17, 15) is 15.0 Å². The van der Waals surface area contributed by atoms with Crippen LogP contribution in [0.15, 0.2) is 23.7 Å². The van der Waals surface area contributed by atoms with Crippen molar-refractivity contribution in [2.75, 3.05) is 18.0 Å². The van der Waals surface area contributed by atoms with E-state index >= 15 is 0 Å². The second kappa shape index (κ2) is 7.30. The number of rotatable bonds is 7. The lowest BCUT2D eigenvalue weighted by molar-refractivity contribution is 0.0683. The molecule has 0 bridgehead atoms. The van der Waals surface area contributed by atoms with E-state index in [1.54, 1.807) is 6.20 Å². The first kappa shape index (κ1) is 17.5. The summed E-state index contributed by atoms with van der Waals surface area (Å²) in [5.41, 5.74) is 0.0218. The van der Waals surface area contributed by atoms with Crippen molar-refractivity contribution >= 4 is 29.6 Å². The summed E-state index contributed by atoms with van der Waals surface area (Å²) in [5.74, 6) is -1.60. The number of ether oxygens (including phenoxy) is 1. The van der Waals surface area contributed by atoms with E-state index < -0.39 is 18.8 Å². The highest BCUT2D eigenvalue weighted by atomic mass is 32.1. The van der Waals surface area contributed by atoms with Gasteiger partial charge < -0.3 is 29.9 Å². The van der Waals surface area contributed by atoms with E-state index in [0.717, 1.165) is 5.13 Å². The number of aromatic hydroxyl groups is 1. The highest BCUT2D eigenvalue weighted by Crippen LogP contribution is 2.34. The summed E-state index contributed by atoms with van der Waals surface area (Å²) < 4.78 is 5.73. The first-order valence-corrected chi connectivity index (χ1v) is 8.59. The third kappa shape index (κ3) is 3.86. The van der Waals surface area contributed by atoms with Gasteiger partial charge in [-0.1, -0.05) is 6.07 Å². The number of aryl methyl sites for hydroxylation is 1. The molecule has 1 aromatic carbocycles. The van der Waals surface area contributed by atoms with E-state index in [4.69, 9.17) is 14.8 Å². The molecule has 0 amide bonds. The molecule has 0 atom stereocenters. The Bertz CT molecular complexity index is 749. The Kier molecular flexibility index (Phi) is 5.12. The molecule has 1 aliphatic heterocycles. The van der Waals surface area contributed by atoms with E-state index in [2.05, 4.69) is 4.98 Å². The van der Waals surface area contributed by atoms with E-state index in [1.807, 2.05) is 10.3 Å². The predicted octanol–water partition coefficient (Wildman–Crippen LogP) is 0.830. The molecule has 25 heavy (non-hydrogen) atoms. The molecule has 3 rings (SSSR count). The third-order valence-corrected chi connectivity index (χ3v) is 4.77. The number of aromatic nitrogens is 1. The minimum absolute atomic E-state index is 0.00176. The Morgan fingerprint density at radius 3 is 2.76 bits per heavy atom. The summed E-state index contributed by atoms with van der Waals surface area (Å²) in [6.07, 6.45) is 1.67. The fraction of sp³-hybridized carbons (Fsp3) is 0.333. The quantitative estimate of drug-likeness (QED) is 0.533. The van der Waals surface area contributed by atoms with E-state index in [1.165, 1.54) is 23.5 Å². The van der Waals surface area contributed by atoms with Crippen molar-refractivity contribution in [2.45, 2.75) is 18.8 Å². The largest absolute Gasteiger partial charge is 0.507 e. The maximum Gasteiger partial charge on any atom is 0.451 e. The Balaban J connectivity index is 1.71. The number of nitrogens with zero attached hydrogens (tertiary/aromatic N) is 2. The summed E-state index contributed by atoms with van der Waals surface area (Å²) in [6.45, 7) is 1.18. The van der Waals surface area contributed by atoms with Gasteiger partial charge in [0.1, 0.15) is 23.2 Å². The third-order valence-electron chi connectivity index (χ3n) is 3.94. The zero-order valence-electron chi connectivity index (χ0n) is 13.2. The summed E-state index contributed by atoms with van der Waals surface area (Å²) in [5, 5.41) is 40.2. The molecule has 1 aromatic heterocycles. The van der Waals surface area contributed by atoms with Crippen LogP contribution in [0.25, 0.3) is 0 Å². The lowest BCUT2D eigenvalue weighted by Crippen LogP contribution is -2.54. The van der Waals surface area contributed by atoms with Crippen molar-refractivity contribution in [3.05, 3.63) is 34.8 Å². The molecule has 0 saturated carbocycles. The van der Waals surface area contributed by atoms with Gasteiger partial charge in [0.15, 0.2) is 5.13 Å². The zero-order chi connectivity index (χ0) is 18.0. The number of hydrogen-bond acceptors (Lipinski definition) is 8. The summed E-state index contributed by atoms with van der Waals surface area (Å²) in [6, 6.07) is 3.03. The van der Waals surface area contributed by atoms with Crippen LogP contribution in [0.4, 0.5) is 5.13 Å². The van der Waals surface area contributed by atoms with Gasteiger partial charge in [-0.2, -0.15) is 0 Å². The summed E-state index contributed by atoms with van der Waals surface area (Å²) >= 11 is 1.52. The fourth-order valence-corrected chi connectivity index (χ4v) is 3.29. The zero-order valence-corrected chi connectivity index (χ0v) is 14.0. The van der Waals surface area contributed by atoms with E-state index in [-0.39, 0.29) is 30.2 Å². The molecule has 0 radical (unpaired) electrons. The molecule has 1 fully saturated rings. The Morgan fingerprint density at radius 1 is 1.40 bits per heavy atom. The second-order valence-electron chi connectivity index (χ2n) is 5.73. The van der Waals surface area contributed by atoms with Gasteiger partial charge in [-0.3, -0.25) is 0 Å². The molecular formula is C15H17BN2O6S. The molecule has 0 unspecified atom stereocenters. The Hall–Kier alpha value is -2.30. The van der Waals surface area contributed by atoms with Crippen molar-refractivity contribution in [2.24, 2.45) is 0 Å². The molecule has 1 saturated heterocycles. The molecule has 10 heteroatoms. The normalized spacial score (nSPS) is 14.2. The van der Waals surface area contributed by atoms with Gasteiger partial charge in [0, 0.05) is 11.6 Å². The first-order valence-electron chi connectivity index (χ1n) is 7.71. The average molecular weight is 364 g/mol. The summed E-state index contributed by atoms with van der Waals surface area (Å²) in [7, 11) is -1.52. The van der Waals surface area contributed by atoms with Gasteiger partial charge in [-0.05, 0) is 24.4 Å². The SMILES string of the molecule is O=C(O)c1c(OC2CN(c3nccs3)C2)ccc(CCB(O)O)c1O. The first-order chi connectivity index (χ1) is 12.0. The van der Waals surface area contributed by atoms with Crippen LogP contribution in [-0.4, -0.2) is 57.5 Å². The number of carbonyl (C=O) groups is 1. The number of anilines is 1. The van der Waals surface area contributed by atoms with Crippen LogP contribution in [0.5, 0.6) is 11.5 Å². The molecular weight excluding hydrogens is 347 g/mol. The average Bonchev–Trinajstić information content (AvgIpc) is 3.02. The van der Waals surface area contributed by atoms with Crippen LogP contribution >= 0.6 is 11.3 Å². The fourth-order valence-electron chi connectivity index (χ4n) is 2.63. The number of aromatic carboxylic acids is 1. The maximum atomic E-state index is 11.5. The molecule has 0 spiro atoms. The molecule has 1 aliphatic rings. The van der Waals surface area contributed by atoms with Gasteiger partial charge in [-0.15, -0.1) is 11.3 Å². The molecule has 0 aliphatic carbocycles. The van der Waals surface area contributed by atoms with Gasteiger partial charge in [0.05, 0.1) is 13.1 Å².